The zero-order valence-electron chi connectivity index (χ0n) is 11.9. The van der Waals surface area contributed by atoms with Crippen molar-refractivity contribution in [3.05, 3.63) is 17.5 Å². The average molecular weight is 250 g/mol. The van der Waals surface area contributed by atoms with Gasteiger partial charge in [-0.05, 0) is 59.3 Å². The smallest absolute Gasteiger partial charge is 0.0641 e. The van der Waals surface area contributed by atoms with E-state index >= 15 is 0 Å². The van der Waals surface area contributed by atoms with E-state index in [0.29, 0.717) is 6.04 Å². The fourth-order valence-corrected chi connectivity index (χ4v) is 2.78. The summed E-state index contributed by atoms with van der Waals surface area (Å²) in [4.78, 5) is 2.57. The molecule has 1 saturated heterocycles. The molecule has 1 aromatic heterocycles. The van der Waals surface area contributed by atoms with Gasteiger partial charge in [0.15, 0.2) is 0 Å². The molecular weight excluding hydrogens is 224 g/mol. The zero-order chi connectivity index (χ0) is 13.0. The summed E-state index contributed by atoms with van der Waals surface area (Å²) in [5.74, 6) is 0. The van der Waals surface area contributed by atoms with Crippen LogP contribution < -0.4 is 5.32 Å². The predicted molar refractivity (Wildman–Crippen MR) is 74.7 cm³/mol. The number of nitrogens with one attached hydrogen (secondary N) is 1. The van der Waals surface area contributed by atoms with Crippen LogP contribution in [0.4, 0.5) is 0 Å². The van der Waals surface area contributed by atoms with Gasteiger partial charge in [-0.2, -0.15) is 5.10 Å². The van der Waals surface area contributed by atoms with Crippen molar-refractivity contribution in [2.45, 2.75) is 39.2 Å². The van der Waals surface area contributed by atoms with Crippen LogP contribution in [-0.4, -0.2) is 40.9 Å². The molecule has 0 spiro atoms. The lowest BCUT2D eigenvalue weighted by atomic mass is 10.1. The van der Waals surface area contributed by atoms with Crippen molar-refractivity contribution in [2.24, 2.45) is 7.05 Å². The molecule has 0 radical (unpaired) electrons. The second-order valence-corrected chi connectivity index (χ2v) is 5.42. The monoisotopic (exact) mass is 250 g/mol. The molecule has 1 atom stereocenters. The number of aromatic nitrogens is 2. The van der Waals surface area contributed by atoms with Crippen LogP contribution in [0.5, 0.6) is 0 Å². The van der Waals surface area contributed by atoms with Gasteiger partial charge in [-0.3, -0.25) is 4.68 Å². The van der Waals surface area contributed by atoms with Crippen molar-refractivity contribution in [2.75, 3.05) is 26.2 Å². The Bertz CT molecular complexity index is 366. The van der Waals surface area contributed by atoms with Crippen molar-refractivity contribution in [1.82, 2.24) is 20.0 Å². The third-order valence-electron chi connectivity index (χ3n) is 3.82. The van der Waals surface area contributed by atoms with E-state index in [1.807, 2.05) is 11.7 Å². The van der Waals surface area contributed by atoms with E-state index in [1.54, 1.807) is 0 Å². The van der Waals surface area contributed by atoms with Gasteiger partial charge in [0, 0.05) is 24.8 Å². The Kier molecular flexibility index (Phi) is 4.78. The number of hydrogen-bond donors (Lipinski definition) is 1. The Labute approximate surface area is 110 Å². The summed E-state index contributed by atoms with van der Waals surface area (Å²) in [6.45, 7) is 9.24. The van der Waals surface area contributed by atoms with Crippen LogP contribution in [0.25, 0.3) is 0 Å². The maximum atomic E-state index is 4.39. The second kappa shape index (κ2) is 6.34. The highest BCUT2D eigenvalue weighted by Gasteiger charge is 2.12. The van der Waals surface area contributed by atoms with Gasteiger partial charge < -0.3 is 10.2 Å². The highest BCUT2D eigenvalue weighted by atomic mass is 15.3. The summed E-state index contributed by atoms with van der Waals surface area (Å²) < 4.78 is 1.90. The van der Waals surface area contributed by atoms with Crippen LogP contribution in [0.3, 0.4) is 0 Å². The fourth-order valence-electron chi connectivity index (χ4n) is 2.78. The normalized spacial score (nSPS) is 18.4. The standard InChI is InChI=1S/C14H26N4/c1-12(14-11-17(3)16-13(14)2)15-7-6-10-18-8-4-5-9-18/h11-12,15H,4-10H2,1-3H3. The molecule has 1 aromatic rings. The Balaban J connectivity index is 1.68. The SMILES string of the molecule is Cc1nn(C)cc1C(C)NCCCN1CCCC1. The van der Waals surface area contributed by atoms with E-state index in [2.05, 4.69) is 35.4 Å². The molecule has 2 rings (SSSR count). The summed E-state index contributed by atoms with van der Waals surface area (Å²) in [5, 5.41) is 7.99. The Morgan fingerprint density at radius 3 is 2.72 bits per heavy atom. The van der Waals surface area contributed by atoms with Crippen molar-refractivity contribution in [3.63, 3.8) is 0 Å². The fraction of sp³-hybridized carbons (Fsp3) is 0.786. The number of rotatable bonds is 6. The molecule has 0 aromatic carbocycles. The molecule has 1 unspecified atom stereocenters. The van der Waals surface area contributed by atoms with Crippen molar-refractivity contribution < 1.29 is 0 Å². The van der Waals surface area contributed by atoms with Crippen LogP contribution in [0.1, 0.15) is 43.5 Å². The van der Waals surface area contributed by atoms with Gasteiger partial charge in [-0.15, -0.1) is 0 Å². The third kappa shape index (κ3) is 3.56. The lowest BCUT2D eigenvalue weighted by Crippen LogP contribution is -2.26. The Morgan fingerprint density at radius 2 is 2.11 bits per heavy atom. The molecule has 1 aliphatic rings. The summed E-state index contributed by atoms with van der Waals surface area (Å²) in [7, 11) is 1.98. The van der Waals surface area contributed by atoms with E-state index in [-0.39, 0.29) is 0 Å². The van der Waals surface area contributed by atoms with E-state index < -0.39 is 0 Å². The topological polar surface area (TPSA) is 33.1 Å². The summed E-state index contributed by atoms with van der Waals surface area (Å²) in [6.07, 6.45) is 6.13. The predicted octanol–water partition coefficient (Wildman–Crippen LogP) is 1.87. The van der Waals surface area contributed by atoms with Crippen LogP contribution in [0.2, 0.25) is 0 Å². The summed E-state index contributed by atoms with van der Waals surface area (Å²) in [5.41, 5.74) is 2.45. The van der Waals surface area contributed by atoms with E-state index in [9.17, 15) is 0 Å². The molecule has 1 N–H and O–H groups in total. The lowest BCUT2D eigenvalue weighted by molar-refractivity contribution is 0.328. The third-order valence-corrected chi connectivity index (χ3v) is 3.82. The van der Waals surface area contributed by atoms with Gasteiger partial charge in [0.25, 0.3) is 0 Å². The van der Waals surface area contributed by atoms with Crippen LogP contribution in [-0.2, 0) is 7.05 Å². The Morgan fingerprint density at radius 1 is 1.39 bits per heavy atom. The number of hydrogen-bond acceptors (Lipinski definition) is 3. The minimum atomic E-state index is 0.400. The van der Waals surface area contributed by atoms with Gasteiger partial charge >= 0.3 is 0 Å². The van der Waals surface area contributed by atoms with E-state index in [1.165, 1.54) is 44.5 Å². The van der Waals surface area contributed by atoms with E-state index in [0.717, 1.165) is 12.2 Å². The van der Waals surface area contributed by atoms with Crippen molar-refractivity contribution >= 4 is 0 Å². The van der Waals surface area contributed by atoms with Crippen LogP contribution >= 0.6 is 0 Å². The zero-order valence-corrected chi connectivity index (χ0v) is 11.9. The largest absolute Gasteiger partial charge is 0.310 e. The highest BCUT2D eigenvalue weighted by molar-refractivity contribution is 5.19. The molecule has 18 heavy (non-hydrogen) atoms. The number of likely N-dealkylation sites (tertiary alicyclic amines) is 1. The quantitative estimate of drug-likeness (QED) is 0.782. The first-order chi connectivity index (χ1) is 8.66. The molecule has 1 aliphatic heterocycles. The molecule has 0 bridgehead atoms. The minimum Gasteiger partial charge on any atom is -0.310 e. The van der Waals surface area contributed by atoms with E-state index in [4.69, 9.17) is 0 Å². The second-order valence-electron chi connectivity index (χ2n) is 5.42. The first kappa shape index (κ1) is 13.6. The maximum Gasteiger partial charge on any atom is 0.0641 e. The first-order valence-electron chi connectivity index (χ1n) is 7.12. The van der Waals surface area contributed by atoms with Gasteiger partial charge in [-0.25, -0.2) is 0 Å². The molecule has 4 nitrogen and oxygen atoms in total. The Hall–Kier alpha value is -0.870. The molecule has 4 heteroatoms. The molecule has 102 valence electrons. The van der Waals surface area contributed by atoms with Gasteiger partial charge in [0.2, 0.25) is 0 Å². The highest BCUT2D eigenvalue weighted by Crippen LogP contribution is 2.15. The minimum absolute atomic E-state index is 0.400. The van der Waals surface area contributed by atoms with Crippen LogP contribution in [0, 0.1) is 6.92 Å². The van der Waals surface area contributed by atoms with Gasteiger partial charge in [-0.1, -0.05) is 0 Å². The molecular formula is C14H26N4. The number of nitrogens with zero attached hydrogens (tertiary/aromatic N) is 3. The molecule has 0 amide bonds. The molecule has 1 fully saturated rings. The first-order valence-corrected chi connectivity index (χ1v) is 7.12. The molecule has 0 aliphatic carbocycles. The van der Waals surface area contributed by atoms with Gasteiger partial charge in [0.1, 0.15) is 0 Å². The van der Waals surface area contributed by atoms with Crippen molar-refractivity contribution in [1.29, 1.82) is 0 Å². The van der Waals surface area contributed by atoms with Crippen LogP contribution in [0.15, 0.2) is 6.20 Å². The molecule has 2 heterocycles. The lowest BCUT2D eigenvalue weighted by Gasteiger charge is -2.16. The molecule has 0 saturated carbocycles. The average Bonchev–Trinajstić information content (AvgIpc) is 2.94. The van der Waals surface area contributed by atoms with Gasteiger partial charge in [0.05, 0.1) is 5.69 Å². The number of aryl methyl sites for hydroxylation is 2. The van der Waals surface area contributed by atoms with Crippen molar-refractivity contribution in [3.8, 4) is 0 Å². The summed E-state index contributed by atoms with van der Waals surface area (Å²) in [6, 6.07) is 0.400. The summed E-state index contributed by atoms with van der Waals surface area (Å²) >= 11 is 0. The maximum absolute atomic E-state index is 4.39.